The maximum atomic E-state index is 12.3. The SMILES string of the molecule is CC(=O)N1CCc2cccc(NC(=O)Cc3ccccc3Cl)c21. The van der Waals surface area contributed by atoms with Crippen LogP contribution in [-0.4, -0.2) is 18.4 Å². The number of anilines is 2. The Hall–Kier alpha value is -2.33. The van der Waals surface area contributed by atoms with Gasteiger partial charge in [0, 0.05) is 18.5 Å². The molecule has 1 aliphatic heterocycles. The zero-order valence-electron chi connectivity index (χ0n) is 12.8. The molecule has 0 atom stereocenters. The number of nitrogens with zero attached hydrogens (tertiary/aromatic N) is 1. The molecule has 23 heavy (non-hydrogen) atoms. The van der Waals surface area contributed by atoms with Gasteiger partial charge in [0.1, 0.15) is 0 Å². The van der Waals surface area contributed by atoms with Gasteiger partial charge in [-0.15, -0.1) is 0 Å². The highest BCUT2D eigenvalue weighted by atomic mass is 35.5. The number of para-hydroxylation sites is 1. The first-order chi connectivity index (χ1) is 11.1. The van der Waals surface area contributed by atoms with Crippen LogP contribution in [0.1, 0.15) is 18.1 Å². The molecule has 0 radical (unpaired) electrons. The van der Waals surface area contributed by atoms with Crippen LogP contribution in [0.4, 0.5) is 11.4 Å². The fraction of sp³-hybridized carbons (Fsp3) is 0.222. The molecule has 0 aliphatic carbocycles. The average Bonchev–Trinajstić information content (AvgIpc) is 2.95. The highest BCUT2D eigenvalue weighted by molar-refractivity contribution is 6.31. The van der Waals surface area contributed by atoms with Crippen LogP contribution in [0.25, 0.3) is 0 Å². The van der Waals surface area contributed by atoms with Crippen LogP contribution in [0, 0.1) is 0 Å². The van der Waals surface area contributed by atoms with Crippen molar-refractivity contribution in [1.29, 1.82) is 0 Å². The lowest BCUT2D eigenvalue weighted by Gasteiger charge is -2.19. The summed E-state index contributed by atoms with van der Waals surface area (Å²) in [7, 11) is 0. The predicted molar refractivity (Wildman–Crippen MR) is 92.0 cm³/mol. The molecule has 0 saturated carbocycles. The summed E-state index contributed by atoms with van der Waals surface area (Å²) >= 11 is 6.10. The molecule has 1 N–H and O–H groups in total. The second-order valence-corrected chi connectivity index (χ2v) is 5.96. The lowest BCUT2D eigenvalue weighted by Crippen LogP contribution is -2.27. The maximum Gasteiger partial charge on any atom is 0.228 e. The number of fused-ring (bicyclic) bond motifs is 1. The van der Waals surface area contributed by atoms with E-state index < -0.39 is 0 Å². The van der Waals surface area contributed by atoms with E-state index in [1.807, 2.05) is 36.4 Å². The molecule has 2 aromatic rings. The second kappa shape index (κ2) is 6.42. The van der Waals surface area contributed by atoms with Gasteiger partial charge in [-0.1, -0.05) is 41.9 Å². The molecule has 5 heteroatoms. The Bertz CT molecular complexity index is 773. The number of halogens is 1. The molecule has 0 unspecified atom stereocenters. The zero-order chi connectivity index (χ0) is 16.4. The van der Waals surface area contributed by atoms with Gasteiger partial charge < -0.3 is 10.2 Å². The fourth-order valence-electron chi connectivity index (χ4n) is 2.88. The second-order valence-electron chi connectivity index (χ2n) is 5.55. The van der Waals surface area contributed by atoms with Crippen LogP contribution in [0.3, 0.4) is 0 Å². The number of rotatable bonds is 3. The van der Waals surface area contributed by atoms with Gasteiger partial charge >= 0.3 is 0 Å². The van der Waals surface area contributed by atoms with E-state index in [1.54, 1.807) is 11.0 Å². The molecule has 0 bridgehead atoms. The van der Waals surface area contributed by atoms with E-state index in [0.717, 1.165) is 23.2 Å². The minimum atomic E-state index is -0.151. The lowest BCUT2D eigenvalue weighted by molar-refractivity contribution is -0.117. The van der Waals surface area contributed by atoms with Gasteiger partial charge in [-0.3, -0.25) is 9.59 Å². The molecule has 0 fully saturated rings. The number of nitrogens with one attached hydrogen (secondary N) is 1. The summed E-state index contributed by atoms with van der Waals surface area (Å²) in [5, 5.41) is 3.49. The highest BCUT2D eigenvalue weighted by Crippen LogP contribution is 2.35. The Morgan fingerprint density at radius 1 is 1.17 bits per heavy atom. The monoisotopic (exact) mass is 328 g/mol. The van der Waals surface area contributed by atoms with E-state index in [1.165, 1.54) is 6.92 Å². The Labute approximate surface area is 140 Å². The average molecular weight is 329 g/mol. The zero-order valence-corrected chi connectivity index (χ0v) is 13.6. The van der Waals surface area contributed by atoms with Crippen molar-refractivity contribution in [3.8, 4) is 0 Å². The Morgan fingerprint density at radius 3 is 2.70 bits per heavy atom. The summed E-state index contributed by atoms with van der Waals surface area (Å²) in [5.74, 6) is -0.168. The summed E-state index contributed by atoms with van der Waals surface area (Å²) in [5.41, 5.74) is 3.35. The number of carbonyl (C=O) groups excluding carboxylic acids is 2. The summed E-state index contributed by atoms with van der Waals surface area (Å²) in [6.45, 7) is 2.19. The largest absolute Gasteiger partial charge is 0.324 e. The van der Waals surface area contributed by atoms with E-state index in [-0.39, 0.29) is 18.2 Å². The summed E-state index contributed by atoms with van der Waals surface area (Å²) in [6.07, 6.45) is 1.01. The van der Waals surface area contributed by atoms with Crippen molar-refractivity contribution < 1.29 is 9.59 Å². The molecule has 0 saturated heterocycles. The van der Waals surface area contributed by atoms with Gasteiger partial charge in [0.25, 0.3) is 0 Å². The third kappa shape index (κ3) is 3.22. The van der Waals surface area contributed by atoms with Gasteiger partial charge in [-0.2, -0.15) is 0 Å². The lowest BCUT2D eigenvalue weighted by atomic mass is 10.1. The minimum Gasteiger partial charge on any atom is -0.324 e. The Kier molecular flexibility index (Phi) is 4.35. The first-order valence-corrected chi connectivity index (χ1v) is 7.87. The molecular weight excluding hydrogens is 312 g/mol. The third-order valence-electron chi connectivity index (χ3n) is 3.96. The standard InChI is InChI=1S/C18H17ClN2O2/c1-12(22)21-10-9-13-6-4-8-16(18(13)21)20-17(23)11-14-5-2-3-7-15(14)19/h2-8H,9-11H2,1H3,(H,20,23). The topological polar surface area (TPSA) is 49.4 Å². The smallest absolute Gasteiger partial charge is 0.228 e. The number of hydrogen-bond acceptors (Lipinski definition) is 2. The van der Waals surface area contributed by atoms with Crippen LogP contribution in [0.5, 0.6) is 0 Å². The van der Waals surface area contributed by atoms with Crippen molar-refractivity contribution in [3.05, 3.63) is 58.6 Å². The Morgan fingerprint density at radius 2 is 1.96 bits per heavy atom. The number of amides is 2. The highest BCUT2D eigenvalue weighted by Gasteiger charge is 2.25. The molecule has 2 amide bonds. The molecule has 0 spiro atoms. The van der Waals surface area contributed by atoms with E-state index in [2.05, 4.69) is 5.32 Å². The van der Waals surface area contributed by atoms with E-state index >= 15 is 0 Å². The van der Waals surface area contributed by atoms with Crippen molar-refractivity contribution in [2.24, 2.45) is 0 Å². The summed E-state index contributed by atoms with van der Waals surface area (Å²) in [6, 6.07) is 13.0. The molecule has 0 aromatic heterocycles. The van der Waals surface area contributed by atoms with Crippen LogP contribution in [0.15, 0.2) is 42.5 Å². The molecule has 3 rings (SSSR count). The third-order valence-corrected chi connectivity index (χ3v) is 4.33. The van der Waals surface area contributed by atoms with Crippen LogP contribution >= 0.6 is 11.6 Å². The van der Waals surface area contributed by atoms with Crippen molar-refractivity contribution in [1.82, 2.24) is 0 Å². The first-order valence-electron chi connectivity index (χ1n) is 7.49. The summed E-state index contributed by atoms with van der Waals surface area (Å²) in [4.78, 5) is 25.8. The normalized spacial score (nSPS) is 12.9. The number of carbonyl (C=O) groups is 2. The first kappa shape index (κ1) is 15.6. The maximum absolute atomic E-state index is 12.3. The number of benzene rings is 2. The minimum absolute atomic E-state index is 0.0171. The molecule has 2 aromatic carbocycles. The van der Waals surface area contributed by atoms with E-state index in [4.69, 9.17) is 11.6 Å². The Balaban J connectivity index is 1.81. The molecular formula is C18H17ClN2O2. The van der Waals surface area contributed by atoms with E-state index in [9.17, 15) is 9.59 Å². The quantitative estimate of drug-likeness (QED) is 0.938. The van der Waals surface area contributed by atoms with Crippen molar-refractivity contribution >= 4 is 34.8 Å². The van der Waals surface area contributed by atoms with Gasteiger partial charge in [0.05, 0.1) is 17.8 Å². The van der Waals surface area contributed by atoms with Gasteiger partial charge in [0.2, 0.25) is 11.8 Å². The van der Waals surface area contributed by atoms with Crippen LogP contribution < -0.4 is 10.2 Å². The van der Waals surface area contributed by atoms with Gasteiger partial charge in [0.15, 0.2) is 0 Å². The summed E-state index contributed by atoms with van der Waals surface area (Å²) < 4.78 is 0. The molecule has 1 heterocycles. The fourth-order valence-corrected chi connectivity index (χ4v) is 3.08. The van der Waals surface area contributed by atoms with Crippen molar-refractivity contribution in [2.75, 3.05) is 16.8 Å². The van der Waals surface area contributed by atoms with Crippen molar-refractivity contribution in [3.63, 3.8) is 0 Å². The van der Waals surface area contributed by atoms with Crippen LogP contribution in [0.2, 0.25) is 5.02 Å². The molecule has 1 aliphatic rings. The van der Waals surface area contributed by atoms with Crippen LogP contribution in [-0.2, 0) is 22.4 Å². The van der Waals surface area contributed by atoms with Crippen molar-refractivity contribution in [2.45, 2.75) is 19.8 Å². The molecule has 118 valence electrons. The van der Waals surface area contributed by atoms with Gasteiger partial charge in [-0.25, -0.2) is 0 Å². The van der Waals surface area contributed by atoms with E-state index in [0.29, 0.717) is 17.3 Å². The molecule has 4 nitrogen and oxygen atoms in total. The van der Waals surface area contributed by atoms with Gasteiger partial charge in [-0.05, 0) is 29.7 Å². The number of hydrogen-bond donors (Lipinski definition) is 1. The predicted octanol–water partition coefficient (Wildman–Crippen LogP) is 3.43.